The molecule has 2 rings (SSSR count). The van der Waals surface area contributed by atoms with Crippen molar-refractivity contribution in [3.63, 3.8) is 0 Å². The molecule has 0 atom stereocenters. The third-order valence-electron chi connectivity index (χ3n) is 4.05. The van der Waals surface area contributed by atoms with Gasteiger partial charge in [-0.25, -0.2) is 0 Å². The maximum atomic E-state index is 11.9. The van der Waals surface area contributed by atoms with Crippen molar-refractivity contribution < 1.29 is 9.72 Å². The molecule has 1 heterocycles. The summed E-state index contributed by atoms with van der Waals surface area (Å²) in [6, 6.07) is 6.90. The molecule has 1 saturated heterocycles. The van der Waals surface area contributed by atoms with Crippen LogP contribution in [0.3, 0.4) is 0 Å². The second kappa shape index (κ2) is 8.75. The molecule has 7 nitrogen and oxygen atoms in total. The second-order valence-electron chi connectivity index (χ2n) is 6.55. The molecule has 1 fully saturated rings. The first-order valence-electron chi connectivity index (χ1n) is 8.41. The number of nitro groups is 1. The molecule has 0 radical (unpaired) electrons. The van der Waals surface area contributed by atoms with E-state index in [1.807, 2.05) is 26.0 Å². The lowest BCUT2D eigenvalue weighted by atomic mass is 10.2. The quantitative estimate of drug-likeness (QED) is 0.632. The van der Waals surface area contributed by atoms with Gasteiger partial charge >= 0.3 is 0 Å². The fraction of sp³-hybridized carbons (Fsp3) is 0.588. The summed E-state index contributed by atoms with van der Waals surface area (Å²) >= 11 is 0. The number of nitrogens with zero attached hydrogens (tertiary/aromatic N) is 3. The molecule has 24 heavy (non-hydrogen) atoms. The summed E-state index contributed by atoms with van der Waals surface area (Å²) in [6.45, 7) is 8.80. The Kier molecular flexibility index (Phi) is 6.69. The zero-order chi connectivity index (χ0) is 17.5. The van der Waals surface area contributed by atoms with Gasteiger partial charge in [0.25, 0.3) is 5.69 Å². The number of rotatable bonds is 6. The normalized spacial score (nSPS) is 16.8. The van der Waals surface area contributed by atoms with E-state index in [1.54, 1.807) is 12.1 Å². The predicted octanol–water partition coefficient (Wildman–Crippen LogP) is 1.63. The number of hydrogen-bond donors (Lipinski definition) is 1. The Hall–Kier alpha value is -1.99. The van der Waals surface area contributed by atoms with Crippen LogP contribution in [0.5, 0.6) is 0 Å². The van der Waals surface area contributed by atoms with E-state index in [1.165, 1.54) is 0 Å². The topological polar surface area (TPSA) is 78.7 Å². The highest BCUT2D eigenvalue weighted by atomic mass is 16.6. The van der Waals surface area contributed by atoms with Crippen molar-refractivity contribution in [3.05, 3.63) is 39.9 Å². The molecule has 1 aliphatic rings. The predicted molar refractivity (Wildman–Crippen MR) is 92.7 cm³/mol. The summed E-state index contributed by atoms with van der Waals surface area (Å²) in [5.41, 5.74) is 1.20. The standard InChI is InChI=1S/C17H26N4O3/c1-14(2)18-17(22)13-20-9-3-8-19(10-11-20)12-15-4-6-16(7-5-15)21(23)24/h4-7,14H,3,8-13H2,1-2H3,(H,18,22). The van der Waals surface area contributed by atoms with Crippen LogP contribution < -0.4 is 5.32 Å². The number of carbonyl (C=O) groups excluding carboxylic acids is 1. The van der Waals surface area contributed by atoms with Crippen molar-refractivity contribution in [1.82, 2.24) is 15.1 Å². The van der Waals surface area contributed by atoms with Crippen LogP contribution in [0.2, 0.25) is 0 Å². The third-order valence-corrected chi connectivity index (χ3v) is 4.05. The van der Waals surface area contributed by atoms with Crippen molar-refractivity contribution >= 4 is 11.6 Å². The third kappa shape index (κ3) is 5.90. The van der Waals surface area contributed by atoms with E-state index in [2.05, 4.69) is 15.1 Å². The van der Waals surface area contributed by atoms with Crippen LogP contribution in [0, 0.1) is 10.1 Å². The Morgan fingerprint density at radius 3 is 2.42 bits per heavy atom. The maximum Gasteiger partial charge on any atom is 0.269 e. The van der Waals surface area contributed by atoms with Gasteiger partial charge in [0.2, 0.25) is 5.91 Å². The molecule has 0 bridgehead atoms. The molecule has 1 amide bonds. The average molecular weight is 334 g/mol. The number of carbonyl (C=O) groups is 1. The molecule has 1 N–H and O–H groups in total. The van der Waals surface area contributed by atoms with E-state index in [0.29, 0.717) is 6.54 Å². The summed E-state index contributed by atoms with van der Waals surface area (Å²) in [4.78, 5) is 26.7. The van der Waals surface area contributed by atoms with Crippen LogP contribution in [0.1, 0.15) is 25.8 Å². The Labute approximate surface area is 142 Å². The number of non-ortho nitro benzene ring substituents is 1. The van der Waals surface area contributed by atoms with E-state index in [9.17, 15) is 14.9 Å². The number of amides is 1. The molecule has 0 saturated carbocycles. The summed E-state index contributed by atoms with van der Waals surface area (Å²) in [5.74, 6) is 0.0776. The van der Waals surface area contributed by atoms with Crippen LogP contribution in [0.15, 0.2) is 24.3 Å². The number of benzene rings is 1. The summed E-state index contributed by atoms with van der Waals surface area (Å²) in [7, 11) is 0. The van der Waals surface area contributed by atoms with Crippen LogP contribution in [0.25, 0.3) is 0 Å². The monoisotopic (exact) mass is 334 g/mol. The minimum atomic E-state index is -0.379. The molecule has 0 aromatic heterocycles. The lowest BCUT2D eigenvalue weighted by Gasteiger charge is -2.22. The van der Waals surface area contributed by atoms with Gasteiger partial charge in [-0.05, 0) is 38.9 Å². The molecule has 7 heteroatoms. The molecule has 1 aromatic carbocycles. The SMILES string of the molecule is CC(C)NC(=O)CN1CCCN(Cc2ccc([N+](=O)[O-])cc2)CC1. The zero-order valence-corrected chi connectivity index (χ0v) is 14.4. The molecule has 132 valence electrons. The molecule has 0 unspecified atom stereocenters. The number of hydrogen-bond acceptors (Lipinski definition) is 5. The molecule has 0 aliphatic carbocycles. The lowest BCUT2D eigenvalue weighted by molar-refractivity contribution is -0.384. The van der Waals surface area contributed by atoms with Gasteiger partial charge in [-0.3, -0.25) is 24.7 Å². The number of nitrogens with one attached hydrogen (secondary N) is 1. The molecule has 1 aromatic rings. The summed E-state index contributed by atoms with van der Waals surface area (Å²) in [5, 5.41) is 13.6. The van der Waals surface area contributed by atoms with Gasteiger partial charge in [-0.1, -0.05) is 12.1 Å². The van der Waals surface area contributed by atoms with Gasteiger partial charge in [0, 0.05) is 37.8 Å². The number of nitro benzene ring substituents is 1. The first-order chi connectivity index (χ1) is 11.4. The van der Waals surface area contributed by atoms with Crippen LogP contribution in [-0.2, 0) is 11.3 Å². The molecule has 0 spiro atoms. The molecular weight excluding hydrogens is 308 g/mol. The first-order valence-corrected chi connectivity index (χ1v) is 8.41. The van der Waals surface area contributed by atoms with Gasteiger partial charge in [0.05, 0.1) is 11.5 Å². The lowest BCUT2D eigenvalue weighted by Crippen LogP contribution is -2.41. The fourth-order valence-electron chi connectivity index (χ4n) is 2.89. The first kappa shape index (κ1) is 18.4. The minimum absolute atomic E-state index is 0.0776. The minimum Gasteiger partial charge on any atom is -0.353 e. The highest BCUT2D eigenvalue weighted by Crippen LogP contribution is 2.14. The Morgan fingerprint density at radius 1 is 1.17 bits per heavy atom. The van der Waals surface area contributed by atoms with Gasteiger partial charge in [-0.15, -0.1) is 0 Å². The van der Waals surface area contributed by atoms with Crippen LogP contribution >= 0.6 is 0 Å². The van der Waals surface area contributed by atoms with Crippen molar-refractivity contribution in [2.75, 3.05) is 32.7 Å². The largest absolute Gasteiger partial charge is 0.353 e. The smallest absolute Gasteiger partial charge is 0.269 e. The Bertz CT molecular complexity index is 559. The van der Waals surface area contributed by atoms with Crippen LogP contribution in [-0.4, -0.2) is 59.4 Å². The van der Waals surface area contributed by atoms with Crippen molar-refractivity contribution in [2.45, 2.75) is 32.9 Å². The molecular formula is C17H26N4O3. The van der Waals surface area contributed by atoms with E-state index in [0.717, 1.165) is 44.7 Å². The van der Waals surface area contributed by atoms with Crippen LogP contribution in [0.4, 0.5) is 5.69 Å². The van der Waals surface area contributed by atoms with Crippen molar-refractivity contribution in [2.24, 2.45) is 0 Å². The van der Waals surface area contributed by atoms with E-state index in [-0.39, 0.29) is 22.6 Å². The van der Waals surface area contributed by atoms with Gasteiger partial charge < -0.3 is 5.32 Å². The van der Waals surface area contributed by atoms with Crippen molar-refractivity contribution in [1.29, 1.82) is 0 Å². The van der Waals surface area contributed by atoms with E-state index in [4.69, 9.17) is 0 Å². The van der Waals surface area contributed by atoms with Crippen molar-refractivity contribution in [3.8, 4) is 0 Å². The van der Waals surface area contributed by atoms with Gasteiger partial charge in [0.1, 0.15) is 0 Å². The summed E-state index contributed by atoms with van der Waals surface area (Å²) < 4.78 is 0. The van der Waals surface area contributed by atoms with E-state index < -0.39 is 0 Å². The van der Waals surface area contributed by atoms with E-state index >= 15 is 0 Å². The average Bonchev–Trinajstić information content (AvgIpc) is 2.72. The summed E-state index contributed by atoms with van der Waals surface area (Å²) in [6.07, 6.45) is 1.02. The Balaban J connectivity index is 1.82. The Morgan fingerprint density at radius 2 is 1.79 bits per heavy atom. The second-order valence-corrected chi connectivity index (χ2v) is 6.55. The molecule has 1 aliphatic heterocycles. The highest BCUT2D eigenvalue weighted by Gasteiger charge is 2.17. The van der Waals surface area contributed by atoms with Gasteiger partial charge in [0.15, 0.2) is 0 Å². The highest BCUT2D eigenvalue weighted by molar-refractivity contribution is 5.78. The zero-order valence-electron chi connectivity index (χ0n) is 14.4. The fourth-order valence-corrected chi connectivity index (χ4v) is 2.89. The van der Waals surface area contributed by atoms with Gasteiger partial charge in [-0.2, -0.15) is 0 Å². The maximum absolute atomic E-state index is 11.9.